The number of hydrogen-bond donors (Lipinski definition) is 0. The van der Waals surface area contributed by atoms with E-state index < -0.39 is 0 Å². The number of rotatable bonds is 6. The number of amidine groups is 1. The van der Waals surface area contributed by atoms with Crippen molar-refractivity contribution in [1.82, 2.24) is 9.88 Å². The van der Waals surface area contributed by atoms with Crippen molar-refractivity contribution in [3.63, 3.8) is 0 Å². The number of aliphatic imine (C=N–C) groups is 1. The molecule has 0 atom stereocenters. The van der Waals surface area contributed by atoms with Gasteiger partial charge in [0, 0.05) is 12.4 Å². The Morgan fingerprint density at radius 2 is 1.81 bits per heavy atom. The fraction of sp³-hybridized carbons (Fsp3) is 0.160. The molecule has 1 aliphatic heterocycles. The Morgan fingerprint density at radius 1 is 1.06 bits per heavy atom. The predicted octanol–water partition coefficient (Wildman–Crippen LogP) is 5.21. The number of hydrogen-bond acceptors (Lipinski definition) is 6. The highest BCUT2D eigenvalue weighted by Crippen LogP contribution is 2.37. The van der Waals surface area contributed by atoms with Crippen LogP contribution in [0.1, 0.15) is 16.7 Å². The Hall–Kier alpha value is -3.58. The van der Waals surface area contributed by atoms with Crippen LogP contribution in [-0.2, 0) is 11.3 Å². The van der Waals surface area contributed by atoms with Crippen LogP contribution in [0.2, 0.25) is 0 Å². The molecule has 32 heavy (non-hydrogen) atoms. The average Bonchev–Trinajstić information content (AvgIpc) is 3.10. The van der Waals surface area contributed by atoms with Crippen LogP contribution in [0.4, 0.5) is 5.69 Å². The van der Waals surface area contributed by atoms with Crippen molar-refractivity contribution in [3.05, 3.63) is 88.6 Å². The molecule has 0 unspecified atom stereocenters. The summed E-state index contributed by atoms with van der Waals surface area (Å²) >= 11 is 1.36. The molecule has 7 heteroatoms. The first-order valence-corrected chi connectivity index (χ1v) is 10.9. The third-order valence-electron chi connectivity index (χ3n) is 4.99. The molecule has 4 rings (SSSR count). The first-order chi connectivity index (χ1) is 15.6. The number of pyridine rings is 1. The fourth-order valence-electron chi connectivity index (χ4n) is 3.31. The van der Waals surface area contributed by atoms with Crippen LogP contribution in [0, 0.1) is 6.92 Å². The van der Waals surface area contributed by atoms with Crippen molar-refractivity contribution in [1.29, 1.82) is 0 Å². The van der Waals surface area contributed by atoms with Gasteiger partial charge < -0.3 is 9.47 Å². The van der Waals surface area contributed by atoms with E-state index >= 15 is 0 Å². The Balaban J connectivity index is 1.73. The molecule has 0 N–H and O–H groups in total. The van der Waals surface area contributed by atoms with Gasteiger partial charge >= 0.3 is 0 Å². The third-order valence-corrected chi connectivity index (χ3v) is 6.00. The summed E-state index contributed by atoms with van der Waals surface area (Å²) in [5.74, 6) is 1.18. The van der Waals surface area contributed by atoms with Gasteiger partial charge in [-0.3, -0.25) is 14.7 Å². The smallest absolute Gasteiger partial charge is 0.267 e. The van der Waals surface area contributed by atoms with E-state index in [1.165, 1.54) is 11.8 Å². The van der Waals surface area contributed by atoms with Gasteiger partial charge in [0.05, 0.1) is 31.4 Å². The zero-order chi connectivity index (χ0) is 22.5. The van der Waals surface area contributed by atoms with Crippen LogP contribution in [0.25, 0.3) is 6.08 Å². The maximum atomic E-state index is 13.4. The summed E-state index contributed by atoms with van der Waals surface area (Å²) in [7, 11) is 3.20. The molecule has 3 aromatic rings. The van der Waals surface area contributed by atoms with Crippen LogP contribution < -0.4 is 9.47 Å². The average molecular weight is 446 g/mol. The molecule has 2 heterocycles. The van der Waals surface area contributed by atoms with Gasteiger partial charge in [-0.1, -0.05) is 24.3 Å². The molecule has 1 fully saturated rings. The SMILES string of the molecule is COc1cc(C)c(C=C2SC(=Nc3ccccc3)N(Cc3cccnc3)C2=O)cc1OC. The Bertz CT molecular complexity index is 1180. The first-order valence-electron chi connectivity index (χ1n) is 10.1. The standard InChI is InChI=1S/C25H23N3O3S/c1-17-12-21(30-2)22(31-3)13-19(17)14-23-24(29)28(16-18-8-7-11-26-15-18)25(32-23)27-20-9-5-4-6-10-20/h4-15H,16H2,1-3H3. The van der Waals surface area contributed by atoms with Gasteiger partial charge in [-0.15, -0.1) is 0 Å². The molecule has 6 nitrogen and oxygen atoms in total. The van der Waals surface area contributed by atoms with Gasteiger partial charge in [-0.25, -0.2) is 4.99 Å². The van der Waals surface area contributed by atoms with E-state index in [9.17, 15) is 4.79 Å². The molecule has 0 aliphatic carbocycles. The molecular weight excluding hydrogens is 422 g/mol. The van der Waals surface area contributed by atoms with Crippen molar-refractivity contribution < 1.29 is 14.3 Å². The van der Waals surface area contributed by atoms with Gasteiger partial charge in [0.25, 0.3) is 5.91 Å². The molecule has 1 aliphatic rings. The minimum Gasteiger partial charge on any atom is -0.493 e. The number of methoxy groups -OCH3 is 2. The van der Waals surface area contributed by atoms with E-state index in [1.54, 1.807) is 31.5 Å². The largest absolute Gasteiger partial charge is 0.493 e. The highest BCUT2D eigenvalue weighted by atomic mass is 32.2. The number of nitrogens with zero attached hydrogens (tertiary/aromatic N) is 3. The lowest BCUT2D eigenvalue weighted by molar-refractivity contribution is -0.122. The van der Waals surface area contributed by atoms with Gasteiger partial charge in [0.15, 0.2) is 16.7 Å². The number of aromatic nitrogens is 1. The predicted molar refractivity (Wildman–Crippen MR) is 128 cm³/mol. The van der Waals surface area contributed by atoms with E-state index in [1.807, 2.05) is 67.6 Å². The highest BCUT2D eigenvalue weighted by Gasteiger charge is 2.33. The van der Waals surface area contributed by atoms with Crippen LogP contribution in [0.3, 0.4) is 0 Å². The lowest BCUT2D eigenvalue weighted by atomic mass is 10.1. The first kappa shape index (κ1) is 21.6. The number of aryl methyl sites for hydroxylation is 1. The zero-order valence-corrected chi connectivity index (χ0v) is 18.9. The minimum absolute atomic E-state index is 0.0947. The maximum absolute atomic E-state index is 13.4. The van der Waals surface area contributed by atoms with Crippen molar-refractivity contribution >= 4 is 34.6 Å². The number of carbonyl (C=O) groups excluding carboxylic acids is 1. The summed E-state index contributed by atoms with van der Waals surface area (Å²) in [6.45, 7) is 2.37. The number of ether oxygens (including phenoxy) is 2. The lowest BCUT2D eigenvalue weighted by Crippen LogP contribution is -2.28. The monoisotopic (exact) mass is 445 g/mol. The van der Waals surface area contributed by atoms with Gasteiger partial charge in [-0.2, -0.15) is 0 Å². The van der Waals surface area contributed by atoms with E-state index in [-0.39, 0.29) is 5.91 Å². The molecule has 162 valence electrons. The Morgan fingerprint density at radius 3 is 2.50 bits per heavy atom. The van der Waals surface area contributed by atoms with Crippen molar-refractivity contribution in [3.8, 4) is 11.5 Å². The van der Waals surface area contributed by atoms with Gasteiger partial charge in [0.2, 0.25) is 0 Å². The second-order valence-corrected chi connectivity index (χ2v) is 8.17. The van der Waals surface area contributed by atoms with E-state index in [0.29, 0.717) is 28.1 Å². The topological polar surface area (TPSA) is 64.0 Å². The minimum atomic E-state index is -0.0947. The summed E-state index contributed by atoms with van der Waals surface area (Å²) in [6.07, 6.45) is 5.36. The molecular formula is C25H23N3O3S. The van der Waals surface area contributed by atoms with E-state index in [2.05, 4.69) is 4.98 Å². The van der Waals surface area contributed by atoms with Gasteiger partial charge in [-0.05, 0) is 71.8 Å². The number of para-hydroxylation sites is 1. The zero-order valence-electron chi connectivity index (χ0n) is 18.1. The summed E-state index contributed by atoms with van der Waals surface area (Å²) in [5, 5.41) is 0.634. The molecule has 0 bridgehead atoms. The molecule has 0 saturated carbocycles. The summed E-state index contributed by atoms with van der Waals surface area (Å²) in [6, 6.07) is 17.2. The number of amides is 1. The van der Waals surface area contributed by atoms with Crippen molar-refractivity contribution in [2.24, 2.45) is 4.99 Å². The van der Waals surface area contributed by atoms with Crippen molar-refractivity contribution in [2.75, 3.05) is 14.2 Å². The number of thioether (sulfide) groups is 1. The number of benzene rings is 2. The normalized spacial score (nSPS) is 16.1. The Kier molecular flexibility index (Phi) is 6.56. The summed E-state index contributed by atoms with van der Waals surface area (Å²) in [5.41, 5.74) is 3.60. The summed E-state index contributed by atoms with van der Waals surface area (Å²) < 4.78 is 10.8. The van der Waals surface area contributed by atoms with Crippen LogP contribution in [-0.4, -0.2) is 35.2 Å². The highest BCUT2D eigenvalue weighted by molar-refractivity contribution is 8.18. The molecule has 2 aromatic carbocycles. The second kappa shape index (κ2) is 9.70. The van der Waals surface area contributed by atoms with Crippen LogP contribution >= 0.6 is 11.8 Å². The van der Waals surface area contributed by atoms with Crippen LogP contribution in [0.15, 0.2) is 76.9 Å². The quantitative estimate of drug-likeness (QED) is 0.487. The molecule has 1 aromatic heterocycles. The van der Waals surface area contributed by atoms with Gasteiger partial charge in [0.1, 0.15) is 0 Å². The molecule has 0 radical (unpaired) electrons. The number of carbonyl (C=O) groups is 1. The Labute approximate surface area is 191 Å². The molecule has 0 spiro atoms. The third kappa shape index (κ3) is 4.68. The lowest BCUT2D eigenvalue weighted by Gasteiger charge is -2.15. The van der Waals surface area contributed by atoms with Crippen LogP contribution in [0.5, 0.6) is 11.5 Å². The maximum Gasteiger partial charge on any atom is 0.267 e. The summed E-state index contributed by atoms with van der Waals surface area (Å²) in [4.78, 5) is 24.6. The second-order valence-electron chi connectivity index (χ2n) is 7.16. The fourth-order valence-corrected chi connectivity index (χ4v) is 4.30. The molecule has 1 saturated heterocycles. The van der Waals surface area contributed by atoms with E-state index in [0.717, 1.165) is 22.4 Å². The molecule has 1 amide bonds. The van der Waals surface area contributed by atoms with E-state index in [4.69, 9.17) is 14.5 Å². The van der Waals surface area contributed by atoms with Crippen molar-refractivity contribution in [2.45, 2.75) is 13.5 Å².